The van der Waals surface area contributed by atoms with Crippen LogP contribution in [0, 0.1) is 13.8 Å². The van der Waals surface area contributed by atoms with Crippen LogP contribution in [0.4, 0.5) is 0 Å². The molecule has 2 heteroatoms. The van der Waals surface area contributed by atoms with Gasteiger partial charge in [-0.15, -0.1) is 0 Å². The van der Waals surface area contributed by atoms with Crippen LogP contribution < -0.4 is 0 Å². The molecular weight excluding hydrogens is 212 g/mol. The number of allylic oxidation sites excluding steroid dienone is 1. The van der Waals surface area contributed by atoms with Gasteiger partial charge in [-0.3, -0.25) is 0 Å². The fraction of sp³-hybridized carbons (Fsp3) is 0.400. The van der Waals surface area contributed by atoms with Crippen molar-refractivity contribution in [2.75, 3.05) is 6.61 Å². The van der Waals surface area contributed by atoms with Gasteiger partial charge in [0.25, 0.3) is 0 Å². The van der Waals surface area contributed by atoms with Gasteiger partial charge in [-0.25, -0.2) is 4.79 Å². The van der Waals surface area contributed by atoms with Crippen LogP contribution in [0.3, 0.4) is 0 Å². The first-order valence-electron chi connectivity index (χ1n) is 6.09. The lowest BCUT2D eigenvalue weighted by atomic mass is 10.00. The molecule has 0 fully saturated rings. The molecule has 0 saturated heterocycles. The molecule has 0 aromatic heterocycles. The van der Waals surface area contributed by atoms with Gasteiger partial charge in [-0.1, -0.05) is 17.7 Å². The molecule has 0 bridgehead atoms. The summed E-state index contributed by atoms with van der Waals surface area (Å²) in [5.74, 6) is -0.227. The number of benzene rings is 1. The topological polar surface area (TPSA) is 26.3 Å². The van der Waals surface area contributed by atoms with Gasteiger partial charge in [0.15, 0.2) is 0 Å². The van der Waals surface area contributed by atoms with Crippen molar-refractivity contribution in [2.45, 2.75) is 33.6 Å². The second-order valence-corrected chi connectivity index (χ2v) is 4.53. The maximum atomic E-state index is 11.5. The summed E-state index contributed by atoms with van der Waals surface area (Å²) in [6, 6.07) is 4.37. The second kappa shape index (κ2) is 4.74. The normalized spacial score (nSPS) is 16.1. The van der Waals surface area contributed by atoms with E-state index in [2.05, 4.69) is 26.0 Å². The zero-order chi connectivity index (χ0) is 12.4. The van der Waals surface area contributed by atoms with Gasteiger partial charge in [-0.2, -0.15) is 0 Å². The van der Waals surface area contributed by atoms with E-state index in [9.17, 15) is 4.79 Å². The molecule has 2 nitrogen and oxygen atoms in total. The highest BCUT2D eigenvalue weighted by atomic mass is 16.5. The molecule has 0 unspecified atom stereocenters. The fourth-order valence-electron chi connectivity index (χ4n) is 2.49. The lowest BCUT2D eigenvalue weighted by Gasteiger charge is -2.06. The van der Waals surface area contributed by atoms with Gasteiger partial charge in [0, 0.05) is 6.08 Å². The number of carbonyl (C=O) groups excluding carboxylic acids is 1. The average molecular weight is 230 g/mol. The van der Waals surface area contributed by atoms with Crippen molar-refractivity contribution in [1.29, 1.82) is 0 Å². The highest BCUT2D eigenvalue weighted by Gasteiger charge is 2.19. The van der Waals surface area contributed by atoms with Crippen LogP contribution in [0.1, 0.15) is 35.6 Å². The molecule has 0 amide bonds. The number of carbonyl (C=O) groups is 1. The van der Waals surface area contributed by atoms with Crippen molar-refractivity contribution in [1.82, 2.24) is 0 Å². The molecule has 17 heavy (non-hydrogen) atoms. The van der Waals surface area contributed by atoms with Gasteiger partial charge in [0.1, 0.15) is 0 Å². The summed E-state index contributed by atoms with van der Waals surface area (Å²) in [5, 5.41) is 0. The average Bonchev–Trinajstić information content (AvgIpc) is 2.62. The molecule has 1 aromatic rings. The highest BCUT2D eigenvalue weighted by molar-refractivity contribution is 5.93. The number of hydrogen-bond donors (Lipinski definition) is 0. The molecule has 0 atom stereocenters. The summed E-state index contributed by atoms with van der Waals surface area (Å²) in [7, 11) is 0. The number of hydrogen-bond acceptors (Lipinski definition) is 2. The molecule has 0 N–H and O–H groups in total. The van der Waals surface area contributed by atoms with E-state index in [1.165, 1.54) is 22.3 Å². The van der Waals surface area contributed by atoms with E-state index in [0.717, 1.165) is 18.4 Å². The maximum absolute atomic E-state index is 11.5. The number of ether oxygens (including phenoxy) is 1. The van der Waals surface area contributed by atoms with Crippen molar-refractivity contribution in [3.8, 4) is 0 Å². The Balaban J connectivity index is 2.36. The van der Waals surface area contributed by atoms with Crippen molar-refractivity contribution >= 4 is 11.5 Å². The minimum atomic E-state index is -0.227. The Morgan fingerprint density at radius 3 is 2.82 bits per heavy atom. The molecular formula is C15H18O2. The molecule has 1 aliphatic carbocycles. The van der Waals surface area contributed by atoms with Crippen LogP contribution in [0.15, 0.2) is 18.2 Å². The zero-order valence-electron chi connectivity index (χ0n) is 10.7. The largest absolute Gasteiger partial charge is 0.463 e. The van der Waals surface area contributed by atoms with Gasteiger partial charge in [0.05, 0.1) is 6.61 Å². The minimum absolute atomic E-state index is 0.227. The first-order chi connectivity index (χ1) is 8.11. The Morgan fingerprint density at radius 1 is 1.35 bits per heavy atom. The number of aryl methyl sites for hydroxylation is 2. The predicted molar refractivity (Wildman–Crippen MR) is 68.8 cm³/mol. The van der Waals surface area contributed by atoms with Crippen LogP contribution in [0.25, 0.3) is 5.57 Å². The quantitative estimate of drug-likeness (QED) is 0.576. The maximum Gasteiger partial charge on any atom is 0.331 e. The van der Waals surface area contributed by atoms with E-state index in [1.54, 1.807) is 6.08 Å². The van der Waals surface area contributed by atoms with Crippen molar-refractivity contribution in [2.24, 2.45) is 0 Å². The Kier molecular flexibility index (Phi) is 3.32. The van der Waals surface area contributed by atoms with E-state index in [4.69, 9.17) is 4.74 Å². The summed E-state index contributed by atoms with van der Waals surface area (Å²) < 4.78 is 4.96. The van der Waals surface area contributed by atoms with Gasteiger partial charge in [-0.05, 0) is 55.9 Å². The summed E-state index contributed by atoms with van der Waals surface area (Å²) in [5.41, 5.74) is 6.30. The summed E-state index contributed by atoms with van der Waals surface area (Å²) in [6.45, 7) is 6.49. The summed E-state index contributed by atoms with van der Waals surface area (Å²) in [6.07, 6.45) is 3.62. The van der Waals surface area contributed by atoms with Crippen LogP contribution in [0.2, 0.25) is 0 Å². The predicted octanol–water partition coefficient (Wildman–Crippen LogP) is 3.20. The number of rotatable bonds is 2. The van der Waals surface area contributed by atoms with Gasteiger partial charge < -0.3 is 4.74 Å². The van der Waals surface area contributed by atoms with Crippen LogP contribution in [-0.4, -0.2) is 12.6 Å². The third kappa shape index (κ3) is 2.41. The molecule has 2 rings (SSSR count). The molecule has 0 aliphatic heterocycles. The molecule has 1 aliphatic rings. The molecule has 0 spiro atoms. The van der Waals surface area contributed by atoms with E-state index >= 15 is 0 Å². The lowest BCUT2D eigenvalue weighted by Crippen LogP contribution is -2.00. The van der Waals surface area contributed by atoms with E-state index in [-0.39, 0.29) is 5.97 Å². The monoisotopic (exact) mass is 230 g/mol. The zero-order valence-corrected chi connectivity index (χ0v) is 10.7. The van der Waals surface area contributed by atoms with Gasteiger partial charge in [0.2, 0.25) is 0 Å². The molecule has 0 saturated carbocycles. The van der Waals surface area contributed by atoms with Crippen molar-refractivity contribution < 1.29 is 9.53 Å². The first-order valence-corrected chi connectivity index (χ1v) is 6.09. The SMILES string of the molecule is CCOC(=O)C=C1CCc2c(C)cc(C)cc21. The smallest absolute Gasteiger partial charge is 0.331 e. The fourth-order valence-corrected chi connectivity index (χ4v) is 2.49. The summed E-state index contributed by atoms with van der Waals surface area (Å²) in [4.78, 5) is 11.5. The Hall–Kier alpha value is -1.57. The highest BCUT2D eigenvalue weighted by Crippen LogP contribution is 2.34. The van der Waals surface area contributed by atoms with E-state index in [0.29, 0.717) is 6.61 Å². The second-order valence-electron chi connectivity index (χ2n) is 4.53. The third-order valence-corrected chi connectivity index (χ3v) is 3.19. The summed E-state index contributed by atoms with van der Waals surface area (Å²) >= 11 is 0. The van der Waals surface area contributed by atoms with Crippen LogP contribution >= 0.6 is 0 Å². The van der Waals surface area contributed by atoms with E-state index in [1.807, 2.05) is 6.92 Å². The molecule has 0 heterocycles. The van der Waals surface area contributed by atoms with E-state index < -0.39 is 0 Å². The van der Waals surface area contributed by atoms with Crippen LogP contribution in [0.5, 0.6) is 0 Å². The number of fused-ring (bicyclic) bond motifs is 1. The first kappa shape index (κ1) is 11.9. The van der Waals surface area contributed by atoms with Gasteiger partial charge >= 0.3 is 5.97 Å². The third-order valence-electron chi connectivity index (χ3n) is 3.19. The molecule has 90 valence electrons. The standard InChI is InChI=1S/C15H18O2/c1-4-17-15(16)9-12-5-6-13-11(3)7-10(2)8-14(12)13/h7-9H,4-6H2,1-3H3. The number of esters is 1. The van der Waals surface area contributed by atoms with Crippen molar-refractivity contribution in [3.05, 3.63) is 40.5 Å². The minimum Gasteiger partial charge on any atom is -0.463 e. The molecule has 1 aromatic carbocycles. The lowest BCUT2D eigenvalue weighted by molar-refractivity contribution is -0.137. The van der Waals surface area contributed by atoms with Crippen LogP contribution in [-0.2, 0) is 16.0 Å². The van der Waals surface area contributed by atoms with Crippen molar-refractivity contribution in [3.63, 3.8) is 0 Å². The Labute approximate surface area is 102 Å². The molecule has 0 radical (unpaired) electrons. The Morgan fingerprint density at radius 2 is 2.12 bits per heavy atom. The Bertz CT molecular complexity index is 484.